The fourth-order valence-electron chi connectivity index (χ4n) is 1.45. The molecule has 0 aromatic carbocycles. The quantitative estimate of drug-likeness (QED) is 0.636. The Balaban J connectivity index is 2.51. The van der Waals surface area contributed by atoms with Crippen LogP contribution in [-0.4, -0.2) is 16.2 Å². The Kier molecular flexibility index (Phi) is 2.15. The van der Waals surface area contributed by atoms with Crippen LogP contribution in [0.3, 0.4) is 0 Å². The molecule has 14 heavy (non-hydrogen) atoms. The first-order chi connectivity index (χ1) is 6.66. The lowest BCUT2D eigenvalue weighted by Crippen LogP contribution is -2.02. The monoisotopic (exact) mass is 194 g/mol. The average Bonchev–Trinajstić information content (AvgIpc) is 2.28. The minimum atomic E-state index is -0.772. The van der Waals surface area contributed by atoms with Gasteiger partial charge in [0.1, 0.15) is 5.69 Å². The van der Waals surface area contributed by atoms with Gasteiger partial charge in [-0.1, -0.05) is 6.92 Å². The highest BCUT2D eigenvalue weighted by Gasteiger charge is 2.15. The van der Waals surface area contributed by atoms with Crippen LogP contribution in [0.15, 0.2) is 4.99 Å². The number of aliphatic imine (C=N–C) groups is 1. The lowest BCUT2D eigenvalue weighted by Gasteiger charge is -2.03. The van der Waals surface area contributed by atoms with E-state index in [1.165, 1.54) is 0 Å². The molecule has 1 aliphatic heterocycles. The normalized spacial score (nSPS) is 20.3. The molecular weight excluding hydrogens is 183 g/mol. The van der Waals surface area contributed by atoms with Crippen molar-refractivity contribution in [3.05, 3.63) is 11.8 Å². The number of aromatic nitrogens is 2. The Morgan fingerprint density at radius 3 is 3.07 bits per heavy atom. The van der Waals surface area contributed by atoms with Gasteiger partial charge in [-0.2, -0.15) is 9.37 Å². The molecule has 1 aromatic heterocycles. The summed E-state index contributed by atoms with van der Waals surface area (Å²) >= 11 is 0. The molecule has 1 unspecified atom stereocenters. The van der Waals surface area contributed by atoms with Gasteiger partial charge in [0, 0.05) is 6.21 Å². The molecule has 0 amide bonds. The third kappa shape index (κ3) is 1.57. The first-order valence-electron chi connectivity index (χ1n) is 4.53. The van der Waals surface area contributed by atoms with Crippen LogP contribution < -0.4 is 5.73 Å². The largest absolute Gasteiger partial charge is 0.382 e. The number of rotatable bonds is 0. The topological polar surface area (TPSA) is 64.2 Å². The SMILES string of the molecule is CC1C=Nc2c(N)nc(F)nc2CC1. The van der Waals surface area contributed by atoms with Crippen LogP contribution in [0, 0.1) is 12.0 Å². The maximum Gasteiger partial charge on any atom is 0.310 e. The van der Waals surface area contributed by atoms with Crippen LogP contribution in [0.5, 0.6) is 0 Å². The van der Waals surface area contributed by atoms with E-state index in [4.69, 9.17) is 5.73 Å². The van der Waals surface area contributed by atoms with Gasteiger partial charge in [-0.05, 0) is 18.8 Å². The van der Waals surface area contributed by atoms with Crippen molar-refractivity contribution in [3.63, 3.8) is 0 Å². The van der Waals surface area contributed by atoms with Gasteiger partial charge in [0.15, 0.2) is 5.82 Å². The first-order valence-corrected chi connectivity index (χ1v) is 4.53. The molecule has 0 fully saturated rings. The maximum absolute atomic E-state index is 12.8. The highest BCUT2D eigenvalue weighted by molar-refractivity contribution is 5.72. The summed E-state index contributed by atoms with van der Waals surface area (Å²) in [4.78, 5) is 11.3. The second-order valence-electron chi connectivity index (χ2n) is 3.47. The molecule has 0 saturated carbocycles. The molecule has 0 bridgehead atoms. The van der Waals surface area contributed by atoms with Gasteiger partial charge in [0.05, 0.1) is 5.69 Å². The van der Waals surface area contributed by atoms with E-state index < -0.39 is 6.08 Å². The van der Waals surface area contributed by atoms with E-state index >= 15 is 0 Å². The lowest BCUT2D eigenvalue weighted by atomic mass is 10.1. The average molecular weight is 194 g/mol. The van der Waals surface area contributed by atoms with Crippen LogP contribution in [0.2, 0.25) is 0 Å². The fourth-order valence-corrected chi connectivity index (χ4v) is 1.45. The van der Waals surface area contributed by atoms with Crippen molar-refractivity contribution in [3.8, 4) is 0 Å². The van der Waals surface area contributed by atoms with Crippen molar-refractivity contribution in [2.45, 2.75) is 19.8 Å². The predicted molar refractivity (Wildman–Crippen MR) is 52.0 cm³/mol. The van der Waals surface area contributed by atoms with E-state index in [1.54, 1.807) is 0 Å². The number of nitrogens with two attached hydrogens (primary N) is 1. The highest BCUT2D eigenvalue weighted by Crippen LogP contribution is 2.27. The van der Waals surface area contributed by atoms with Crippen LogP contribution in [0.25, 0.3) is 0 Å². The van der Waals surface area contributed by atoms with Crippen molar-refractivity contribution < 1.29 is 4.39 Å². The molecule has 0 aliphatic carbocycles. The summed E-state index contributed by atoms with van der Waals surface area (Å²) in [5.41, 5.74) is 6.68. The Morgan fingerprint density at radius 2 is 2.29 bits per heavy atom. The first kappa shape index (κ1) is 9.05. The number of anilines is 1. The van der Waals surface area contributed by atoms with E-state index in [2.05, 4.69) is 21.9 Å². The van der Waals surface area contributed by atoms with Crippen LogP contribution in [-0.2, 0) is 6.42 Å². The molecular formula is C9H11FN4. The number of hydrogen-bond acceptors (Lipinski definition) is 4. The number of hydrogen-bond donors (Lipinski definition) is 1. The second-order valence-corrected chi connectivity index (χ2v) is 3.47. The summed E-state index contributed by atoms with van der Waals surface area (Å²) in [6, 6.07) is 0. The molecule has 5 heteroatoms. The third-order valence-corrected chi connectivity index (χ3v) is 2.25. The number of aryl methyl sites for hydroxylation is 1. The second kappa shape index (κ2) is 3.32. The molecule has 0 radical (unpaired) electrons. The zero-order valence-electron chi connectivity index (χ0n) is 7.87. The Labute approximate surface area is 81.1 Å². The number of nitrogen functional groups attached to an aromatic ring is 1. The molecule has 0 saturated heterocycles. The summed E-state index contributed by atoms with van der Waals surface area (Å²) < 4.78 is 12.8. The Morgan fingerprint density at radius 1 is 1.50 bits per heavy atom. The van der Waals surface area contributed by atoms with E-state index in [-0.39, 0.29) is 5.82 Å². The molecule has 1 aliphatic rings. The van der Waals surface area contributed by atoms with Crippen molar-refractivity contribution in [2.75, 3.05) is 5.73 Å². The van der Waals surface area contributed by atoms with E-state index in [1.807, 2.05) is 6.21 Å². The Hall–Kier alpha value is -1.52. The minimum Gasteiger partial charge on any atom is -0.382 e. The van der Waals surface area contributed by atoms with Gasteiger partial charge in [0.25, 0.3) is 0 Å². The standard InChI is InChI=1S/C9H11FN4/c1-5-2-3-6-7(12-4-5)8(11)14-9(10)13-6/h4-5H,2-3H2,1H3,(H2,11,13,14). The van der Waals surface area contributed by atoms with Gasteiger partial charge < -0.3 is 5.73 Å². The van der Waals surface area contributed by atoms with Crippen molar-refractivity contribution in [1.29, 1.82) is 0 Å². The van der Waals surface area contributed by atoms with Gasteiger partial charge in [0.2, 0.25) is 0 Å². The summed E-state index contributed by atoms with van der Waals surface area (Å²) in [6.45, 7) is 2.05. The number of fused-ring (bicyclic) bond motifs is 1. The van der Waals surface area contributed by atoms with Crippen molar-refractivity contribution in [1.82, 2.24) is 9.97 Å². The predicted octanol–water partition coefficient (Wildman–Crippen LogP) is 1.48. The van der Waals surface area contributed by atoms with Crippen LogP contribution in [0.1, 0.15) is 19.0 Å². The van der Waals surface area contributed by atoms with Gasteiger partial charge in [-0.3, -0.25) is 4.99 Å². The van der Waals surface area contributed by atoms with Crippen molar-refractivity contribution >= 4 is 17.7 Å². The van der Waals surface area contributed by atoms with Crippen molar-refractivity contribution in [2.24, 2.45) is 10.9 Å². The lowest BCUT2D eigenvalue weighted by molar-refractivity contribution is 0.532. The van der Waals surface area contributed by atoms with Gasteiger partial charge in [-0.15, -0.1) is 0 Å². The molecule has 1 aromatic rings. The molecule has 0 spiro atoms. The van der Waals surface area contributed by atoms with Gasteiger partial charge in [-0.25, -0.2) is 4.98 Å². The molecule has 1 atom stereocenters. The number of nitrogens with zero attached hydrogens (tertiary/aromatic N) is 3. The maximum atomic E-state index is 12.8. The number of halogens is 1. The zero-order chi connectivity index (χ0) is 10.1. The molecule has 4 nitrogen and oxygen atoms in total. The molecule has 74 valence electrons. The molecule has 2 rings (SSSR count). The van der Waals surface area contributed by atoms with Crippen LogP contribution in [0.4, 0.5) is 15.9 Å². The summed E-state index contributed by atoms with van der Waals surface area (Å²) in [7, 11) is 0. The third-order valence-electron chi connectivity index (χ3n) is 2.25. The molecule has 2 N–H and O–H groups in total. The highest BCUT2D eigenvalue weighted by atomic mass is 19.1. The minimum absolute atomic E-state index is 0.123. The Bertz CT molecular complexity index is 389. The van der Waals surface area contributed by atoms with E-state index in [0.717, 1.165) is 6.42 Å². The molecule has 2 heterocycles. The van der Waals surface area contributed by atoms with Gasteiger partial charge >= 0.3 is 6.08 Å². The van der Waals surface area contributed by atoms with E-state index in [9.17, 15) is 4.39 Å². The smallest absolute Gasteiger partial charge is 0.310 e. The summed E-state index contributed by atoms with van der Waals surface area (Å²) in [5, 5.41) is 0. The fraction of sp³-hybridized carbons (Fsp3) is 0.444. The van der Waals surface area contributed by atoms with E-state index in [0.29, 0.717) is 23.7 Å². The summed E-state index contributed by atoms with van der Waals surface area (Å²) in [5.74, 6) is 0.490. The zero-order valence-corrected chi connectivity index (χ0v) is 7.87. The van der Waals surface area contributed by atoms with Crippen LogP contribution >= 0.6 is 0 Å². The summed E-state index contributed by atoms with van der Waals surface area (Å²) in [6.07, 6.45) is 2.64.